The number of thiophene rings is 1. The fourth-order valence-electron chi connectivity index (χ4n) is 3.60. The number of ether oxygens (including phenoxy) is 1. The largest absolute Gasteiger partial charge is 0.367 e. The summed E-state index contributed by atoms with van der Waals surface area (Å²) in [5.74, 6) is 0.737. The summed E-state index contributed by atoms with van der Waals surface area (Å²) < 4.78 is 7.13. The van der Waals surface area contributed by atoms with Crippen LogP contribution in [-0.4, -0.2) is 18.0 Å². The molecular formula is C18H22O2S. The maximum Gasteiger partial charge on any atom is 0.196 e. The third kappa shape index (κ3) is 2.65. The summed E-state index contributed by atoms with van der Waals surface area (Å²) in [6.45, 7) is 4.81. The highest BCUT2D eigenvalue weighted by molar-refractivity contribution is 7.17. The van der Waals surface area contributed by atoms with Crippen molar-refractivity contribution in [2.24, 2.45) is 5.92 Å². The molecule has 2 aromatic rings. The standard InChI is InChI=1S/C18H22O2S/c1-3-20-18(10-5-6-13(2)12-18)17(19)15-8-4-7-14-9-11-21-16(14)15/h4,7-9,11,13H,3,5-6,10,12H2,1-2H3. The number of carbonyl (C=O) groups excluding carboxylic acids is 1. The number of carbonyl (C=O) groups is 1. The minimum Gasteiger partial charge on any atom is -0.367 e. The minimum absolute atomic E-state index is 0.184. The highest BCUT2D eigenvalue weighted by Crippen LogP contribution is 2.39. The first-order valence-electron chi connectivity index (χ1n) is 7.81. The predicted octanol–water partition coefficient (Wildman–Crippen LogP) is 5.07. The first kappa shape index (κ1) is 14.7. The molecule has 1 aliphatic rings. The van der Waals surface area contributed by atoms with Crippen molar-refractivity contribution in [1.29, 1.82) is 0 Å². The van der Waals surface area contributed by atoms with Crippen LogP contribution in [0.5, 0.6) is 0 Å². The summed E-state index contributed by atoms with van der Waals surface area (Å²) in [6, 6.07) is 8.09. The molecule has 1 aromatic carbocycles. The summed E-state index contributed by atoms with van der Waals surface area (Å²) in [7, 11) is 0. The molecule has 1 saturated carbocycles. The molecule has 0 spiro atoms. The van der Waals surface area contributed by atoms with Gasteiger partial charge in [-0.2, -0.15) is 0 Å². The van der Waals surface area contributed by atoms with E-state index >= 15 is 0 Å². The second-order valence-corrected chi connectivity index (χ2v) is 7.02. The number of benzene rings is 1. The molecule has 1 heterocycles. The third-order valence-electron chi connectivity index (χ3n) is 4.51. The van der Waals surface area contributed by atoms with Crippen molar-refractivity contribution in [2.75, 3.05) is 6.61 Å². The summed E-state index contributed by atoms with van der Waals surface area (Å²) in [5, 5.41) is 3.21. The van der Waals surface area contributed by atoms with Crippen molar-refractivity contribution < 1.29 is 9.53 Å². The highest BCUT2D eigenvalue weighted by Gasteiger charge is 2.43. The van der Waals surface area contributed by atoms with E-state index in [1.165, 1.54) is 6.42 Å². The lowest BCUT2D eigenvalue weighted by atomic mass is 9.74. The molecule has 0 amide bonds. The Bertz CT molecular complexity index is 641. The molecule has 1 fully saturated rings. The van der Waals surface area contributed by atoms with E-state index in [9.17, 15) is 4.79 Å². The van der Waals surface area contributed by atoms with Crippen LogP contribution in [0.4, 0.5) is 0 Å². The van der Waals surface area contributed by atoms with Gasteiger partial charge in [-0.25, -0.2) is 0 Å². The highest BCUT2D eigenvalue weighted by atomic mass is 32.1. The van der Waals surface area contributed by atoms with Crippen LogP contribution in [-0.2, 0) is 4.74 Å². The zero-order chi connectivity index (χ0) is 14.9. The molecule has 0 radical (unpaired) electrons. The maximum absolute atomic E-state index is 13.3. The topological polar surface area (TPSA) is 26.3 Å². The van der Waals surface area contributed by atoms with Crippen LogP contribution >= 0.6 is 11.3 Å². The summed E-state index contributed by atoms with van der Waals surface area (Å²) in [4.78, 5) is 13.3. The Morgan fingerprint density at radius 3 is 3.05 bits per heavy atom. The molecule has 21 heavy (non-hydrogen) atoms. The summed E-state index contributed by atoms with van der Waals surface area (Å²) in [5.41, 5.74) is 0.232. The van der Waals surface area contributed by atoms with E-state index in [0.29, 0.717) is 12.5 Å². The van der Waals surface area contributed by atoms with Gasteiger partial charge in [0, 0.05) is 16.9 Å². The van der Waals surface area contributed by atoms with Crippen molar-refractivity contribution in [3.8, 4) is 0 Å². The van der Waals surface area contributed by atoms with Gasteiger partial charge in [0.1, 0.15) is 5.60 Å². The number of Topliss-reactive ketones (excluding diaryl/α,β-unsaturated/α-hetero) is 1. The number of hydrogen-bond donors (Lipinski definition) is 0. The Morgan fingerprint density at radius 1 is 1.43 bits per heavy atom. The maximum atomic E-state index is 13.3. The van der Waals surface area contributed by atoms with Gasteiger partial charge in [-0.15, -0.1) is 11.3 Å². The van der Waals surface area contributed by atoms with Crippen LogP contribution in [0, 0.1) is 5.92 Å². The number of fused-ring (bicyclic) bond motifs is 1. The first-order chi connectivity index (χ1) is 10.2. The number of rotatable bonds is 4. The van der Waals surface area contributed by atoms with Crippen LogP contribution in [0.25, 0.3) is 10.1 Å². The van der Waals surface area contributed by atoms with Gasteiger partial charge in [-0.3, -0.25) is 4.79 Å². The van der Waals surface area contributed by atoms with Gasteiger partial charge in [-0.1, -0.05) is 25.5 Å². The van der Waals surface area contributed by atoms with Crippen LogP contribution in [0.3, 0.4) is 0 Å². The Labute approximate surface area is 130 Å². The fraction of sp³-hybridized carbons (Fsp3) is 0.500. The molecule has 0 saturated heterocycles. The van der Waals surface area contributed by atoms with Crippen molar-refractivity contribution in [3.05, 3.63) is 35.2 Å². The van der Waals surface area contributed by atoms with E-state index in [-0.39, 0.29) is 5.78 Å². The molecule has 2 atom stereocenters. The zero-order valence-electron chi connectivity index (χ0n) is 12.7. The molecule has 112 valence electrons. The normalized spacial score (nSPS) is 26.1. The average Bonchev–Trinajstić information content (AvgIpc) is 2.95. The molecule has 2 nitrogen and oxygen atoms in total. The second kappa shape index (κ2) is 5.90. The Balaban J connectivity index is 2.03. The second-order valence-electron chi connectivity index (χ2n) is 6.10. The average molecular weight is 302 g/mol. The molecule has 0 aliphatic heterocycles. The quantitative estimate of drug-likeness (QED) is 0.737. The monoisotopic (exact) mass is 302 g/mol. The summed E-state index contributed by atoms with van der Waals surface area (Å²) >= 11 is 1.65. The lowest BCUT2D eigenvalue weighted by Crippen LogP contribution is -2.45. The fourth-order valence-corrected chi connectivity index (χ4v) is 4.51. The van der Waals surface area contributed by atoms with E-state index in [0.717, 1.165) is 34.9 Å². The smallest absolute Gasteiger partial charge is 0.196 e. The molecule has 1 aromatic heterocycles. The van der Waals surface area contributed by atoms with Crippen LogP contribution in [0.2, 0.25) is 0 Å². The Morgan fingerprint density at radius 2 is 2.29 bits per heavy atom. The molecule has 3 heteroatoms. The molecular weight excluding hydrogens is 280 g/mol. The van der Waals surface area contributed by atoms with Crippen LogP contribution in [0.15, 0.2) is 29.6 Å². The van der Waals surface area contributed by atoms with Crippen molar-refractivity contribution in [3.63, 3.8) is 0 Å². The van der Waals surface area contributed by atoms with Crippen molar-refractivity contribution in [1.82, 2.24) is 0 Å². The first-order valence-corrected chi connectivity index (χ1v) is 8.69. The van der Waals surface area contributed by atoms with Gasteiger partial charge in [0.2, 0.25) is 0 Å². The van der Waals surface area contributed by atoms with E-state index in [1.807, 2.05) is 19.1 Å². The van der Waals surface area contributed by atoms with E-state index in [1.54, 1.807) is 11.3 Å². The van der Waals surface area contributed by atoms with E-state index < -0.39 is 5.60 Å². The van der Waals surface area contributed by atoms with Gasteiger partial charge < -0.3 is 4.74 Å². The molecule has 3 rings (SSSR count). The summed E-state index contributed by atoms with van der Waals surface area (Å²) in [6.07, 6.45) is 3.98. The van der Waals surface area contributed by atoms with E-state index in [4.69, 9.17) is 4.74 Å². The lowest BCUT2D eigenvalue weighted by molar-refractivity contribution is -0.0510. The van der Waals surface area contributed by atoms with Crippen LogP contribution in [0.1, 0.15) is 49.9 Å². The van der Waals surface area contributed by atoms with E-state index in [2.05, 4.69) is 24.4 Å². The van der Waals surface area contributed by atoms with Crippen LogP contribution < -0.4 is 0 Å². The third-order valence-corrected chi connectivity index (χ3v) is 5.48. The van der Waals surface area contributed by atoms with Gasteiger partial charge in [-0.05, 0) is 55.0 Å². The number of hydrogen-bond acceptors (Lipinski definition) is 3. The lowest BCUT2D eigenvalue weighted by Gasteiger charge is -2.38. The molecule has 0 bridgehead atoms. The Kier molecular flexibility index (Phi) is 4.14. The Hall–Kier alpha value is -1.19. The predicted molar refractivity (Wildman–Crippen MR) is 88.1 cm³/mol. The number of ketones is 1. The van der Waals surface area contributed by atoms with Gasteiger partial charge in [0.05, 0.1) is 0 Å². The molecule has 2 unspecified atom stereocenters. The minimum atomic E-state index is -0.606. The zero-order valence-corrected chi connectivity index (χ0v) is 13.5. The van der Waals surface area contributed by atoms with Crippen molar-refractivity contribution >= 4 is 27.2 Å². The van der Waals surface area contributed by atoms with Gasteiger partial charge in [0.15, 0.2) is 5.78 Å². The van der Waals surface area contributed by atoms with Gasteiger partial charge >= 0.3 is 0 Å². The molecule has 0 N–H and O–H groups in total. The van der Waals surface area contributed by atoms with Crippen molar-refractivity contribution in [2.45, 2.75) is 45.1 Å². The van der Waals surface area contributed by atoms with Gasteiger partial charge in [0.25, 0.3) is 0 Å². The molecule has 1 aliphatic carbocycles. The SMILES string of the molecule is CCOC1(C(=O)c2cccc3ccsc23)CCCC(C)C1.